The standard InChI is InChI=1S/C14H14F2N4/c1-3-6-17-13-7-9(2)18-14(20-13)19-10-4-5-11(15)12(16)8-10/h3-5,7-8H,1,6H2,2H3,(H2,17,18,19,20). The summed E-state index contributed by atoms with van der Waals surface area (Å²) < 4.78 is 26.0. The Morgan fingerprint density at radius 3 is 2.70 bits per heavy atom. The third kappa shape index (κ3) is 3.50. The predicted molar refractivity (Wildman–Crippen MR) is 75.1 cm³/mol. The summed E-state index contributed by atoms with van der Waals surface area (Å²) in [7, 11) is 0. The number of nitrogens with zero attached hydrogens (tertiary/aromatic N) is 2. The van der Waals surface area contributed by atoms with Crippen molar-refractivity contribution in [2.75, 3.05) is 17.2 Å². The summed E-state index contributed by atoms with van der Waals surface area (Å²) in [6, 6.07) is 5.29. The van der Waals surface area contributed by atoms with E-state index in [1.165, 1.54) is 6.07 Å². The van der Waals surface area contributed by atoms with Gasteiger partial charge in [0.05, 0.1) is 0 Å². The molecule has 0 saturated carbocycles. The van der Waals surface area contributed by atoms with E-state index in [-0.39, 0.29) is 0 Å². The Bertz CT molecular complexity index is 629. The van der Waals surface area contributed by atoms with Crippen LogP contribution in [0.25, 0.3) is 0 Å². The lowest BCUT2D eigenvalue weighted by molar-refractivity contribution is 0.509. The first-order chi connectivity index (χ1) is 9.58. The average molecular weight is 276 g/mol. The summed E-state index contributed by atoms with van der Waals surface area (Å²) >= 11 is 0. The van der Waals surface area contributed by atoms with E-state index >= 15 is 0 Å². The maximum atomic E-state index is 13.1. The Morgan fingerprint density at radius 2 is 2.00 bits per heavy atom. The van der Waals surface area contributed by atoms with Crippen molar-refractivity contribution in [3.05, 3.63) is 54.2 Å². The quantitative estimate of drug-likeness (QED) is 0.822. The number of hydrogen-bond acceptors (Lipinski definition) is 4. The van der Waals surface area contributed by atoms with Crippen molar-refractivity contribution in [2.24, 2.45) is 0 Å². The van der Waals surface area contributed by atoms with Gasteiger partial charge in [-0.1, -0.05) is 6.08 Å². The minimum absolute atomic E-state index is 0.308. The SMILES string of the molecule is C=CCNc1cc(C)nc(Nc2ccc(F)c(F)c2)n1. The van der Waals surface area contributed by atoms with Crippen molar-refractivity contribution in [3.8, 4) is 0 Å². The molecule has 4 nitrogen and oxygen atoms in total. The van der Waals surface area contributed by atoms with Crippen molar-refractivity contribution >= 4 is 17.5 Å². The van der Waals surface area contributed by atoms with Crippen LogP contribution in [0, 0.1) is 18.6 Å². The summed E-state index contributed by atoms with van der Waals surface area (Å²) in [4.78, 5) is 8.41. The molecular weight excluding hydrogens is 262 g/mol. The second-order valence-electron chi connectivity index (χ2n) is 4.14. The number of anilines is 3. The number of benzene rings is 1. The zero-order valence-electron chi connectivity index (χ0n) is 11.0. The van der Waals surface area contributed by atoms with Crippen LogP contribution in [-0.2, 0) is 0 Å². The maximum Gasteiger partial charge on any atom is 0.229 e. The van der Waals surface area contributed by atoms with Crippen LogP contribution in [0.15, 0.2) is 36.9 Å². The van der Waals surface area contributed by atoms with Gasteiger partial charge in [-0.3, -0.25) is 0 Å². The van der Waals surface area contributed by atoms with Gasteiger partial charge in [-0.15, -0.1) is 6.58 Å². The van der Waals surface area contributed by atoms with E-state index in [2.05, 4.69) is 27.2 Å². The minimum atomic E-state index is -0.923. The summed E-state index contributed by atoms with van der Waals surface area (Å²) in [6.07, 6.45) is 1.71. The molecule has 1 heterocycles. The molecule has 0 spiro atoms. The molecule has 0 unspecified atom stereocenters. The zero-order chi connectivity index (χ0) is 14.5. The highest BCUT2D eigenvalue weighted by Gasteiger charge is 2.05. The molecule has 0 fully saturated rings. The first kappa shape index (κ1) is 13.9. The summed E-state index contributed by atoms with van der Waals surface area (Å²) in [5.74, 6) is -0.883. The third-order valence-electron chi connectivity index (χ3n) is 2.46. The first-order valence-corrected chi connectivity index (χ1v) is 6.01. The molecule has 0 amide bonds. The number of aromatic nitrogens is 2. The van der Waals surface area contributed by atoms with Gasteiger partial charge in [-0.25, -0.2) is 13.8 Å². The van der Waals surface area contributed by atoms with Crippen LogP contribution in [-0.4, -0.2) is 16.5 Å². The average Bonchev–Trinajstić information content (AvgIpc) is 2.40. The Kier molecular flexibility index (Phi) is 4.24. The van der Waals surface area contributed by atoms with E-state index in [1.54, 1.807) is 12.1 Å². The summed E-state index contributed by atoms with van der Waals surface area (Å²) in [5.41, 5.74) is 1.13. The Labute approximate surface area is 115 Å². The van der Waals surface area contributed by atoms with E-state index in [0.29, 0.717) is 24.0 Å². The smallest absolute Gasteiger partial charge is 0.229 e. The predicted octanol–water partition coefficient (Wildman–Crippen LogP) is 3.40. The molecule has 2 N–H and O–H groups in total. The fourth-order valence-corrected chi connectivity index (χ4v) is 1.59. The fourth-order valence-electron chi connectivity index (χ4n) is 1.59. The third-order valence-corrected chi connectivity index (χ3v) is 2.46. The van der Waals surface area contributed by atoms with Crippen molar-refractivity contribution in [3.63, 3.8) is 0 Å². The van der Waals surface area contributed by atoms with E-state index in [1.807, 2.05) is 6.92 Å². The molecule has 0 bridgehead atoms. The van der Waals surface area contributed by atoms with Gasteiger partial charge in [-0.05, 0) is 19.1 Å². The van der Waals surface area contributed by atoms with Crippen molar-refractivity contribution in [2.45, 2.75) is 6.92 Å². The van der Waals surface area contributed by atoms with Crippen LogP contribution in [0.5, 0.6) is 0 Å². The van der Waals surface area contributed by atoms with Crippen molar-refractivity contribution in [1.82, 2.24) is 9.97 Å². The second-order valence-corrected chi connectivity index (χ2v) is 4.14. The molecule has 0 radical (unpaired) electrons. The molecule has 20 heavy (non-hydrogen) atoms. The lowest BCUT2D eigenvalue weighted by Crippen LogP contribution is -2.05. The molecule has 0 aliphatic heterocycles. The van der Waals surface area contributed by atoms with E-state index < -0.39 is 11.6 Å². The number of hydrogen-bond donors (Lipinski definition) is 2. The van der Waals surface area contributed by atoms with Gasteiger partial charge in [0, 0.05) is 30.1 Å². The fraction of sp³-hybridized carbons (Fsp3) is 0.143. The van der Waals surface area contributed by atoms with Crippen LogP contribution in [0.2, 0.25) is 0 Å². The molecule has 0 saturated heterocycles. The van der Waals surface area contributed by atoms with Gasteiger partial charge in [0.1, 0.15) is 5.82 Å². The molecule has 2 aromatic rings. The molecule has 104 valence electrons. The zero-order valence-corrected chi connectivity index (χ0v) is 11.0. The topological polar surface area (TPSA) is 49.8 Å². The molecule has 6 heteroatoms. The van der Waals surface area contributed by atoms with Crippen LogP contribution in [0.4, 0.5) is 26.2 Å². The molecule has 0 aliphatic rings. The monoisotopic (exact) mass is 276 g/mol. The molecule has 0 atom stereocenters. The van der Waals surface area contributed by atoms with Gasteiger partial charge in [0.15, 0.2) is 11.6 Å². The Morgan fingerprint density at radius 1 is 1.20 bits per heavy atom. The van der Waals surface area contributed by atoms with Gasteiger partial charge in [0.25, 0.3) is 0 Å². The van der Waals surface area contributed by atoms with Gasteiger partial charge in [-0.2, -0.15) is 4.98 Å². The van der Waals surface area contributed by atoms with Gasteiger partial charge < -0.3 is 10.6 Å². The van der Waals surface area contributed by atoms with Crippen molar-refractivity contribution < 1.29 is 8.78 Å². The van der Waals surface area contributed by atoms with E-state index in [0.717, 1.165) is 17.8 Å². The summed E-state index contributed by atoms with van der Waals surface area (Å²) in [6.45, 7) is 5.99. The van der Waals surface area contributed by atoms with Crippen molar-refractivity contribution in [1.29, 1.82) is 0 Å². The first-order valence-electron chi connectivity index (χ1n) is 6.01. The van der Waals surface area contributed by atoms with Crippen LogP contribution in [0.1, 0.15) is 5.69 Å². The lowest BCUT2D eigenvalue weighted by atomic mass is 10.3. The maximum absolute atomic E-state index is 13.1. The van der Waals surface area contributed by atoms with Crippen LogP contribution >= 0.6 is 0 Å². The number of nitrogens with one attached hydrogen (secondary N) is 2. The number of aryl methyl sites for hydroxylation is 1. The number of rotatable bonds is 5. The van der Waals surface area contributed by atoms with E-state index in [4.69, 9.17) is 0 Å². The lowest BCUT2D eigenvalue weighted by Gasteiger charge is -2.09. The van der Waals surface area contributed by atoms with Crippen LogP contribution in [0.3, 0.4) is 0 Å². The van der Waals surface area contributed by atoms with Gasteiger partial charge in [0.2, 0.25) is 5.95 Å². The number of halogens is 2. The van der Waals surface area contributed by atoms with Gasteiger partial charge >= 0.3 is 0 Å². The molecular formula is C14H14F2N4. The molecule has 1 aromatic heterocycles. The largest absolute Gasteiger partial charge is 0.366 e. The molecule has 0 aliphatic carbocycles. The highest BCUT2D eigenvalue weighted by molar-refractivity contribution is 5.55. The highest BCUT2D eigenvalue weighted by atomic mass is 19.2. The van der Waals surface area contributed by atoms with E-state index in [9.17, 15) is 8.78 Å². The highest BCUT2D eigenvalue weighted by Crippen LogP contribution is 2.18. The molecule has 2 rings (SSSR count). The Balaban J connectivity index is 2.21. The Hall–Kier alpha value is -2.50. The summed E-state index contributed by atoms with van der Waals surface area (Å²) in [5, 5.41) is 5.87. The molecule has 1 aromatic carbocycles. The second kappa shape index (κ2) is 6.10. The van der Waals surface area contributed by atoms with Crippen LogP contribution < -0.4 is 10.6 Å². The normalized spacial score (nSPS) is 10.2. The minimum Gasteiger partial charge on any atom is -0.366 e.